The van der Waals surface area contributed by atoms with Crippen LogP contribution in [0.4, 0.5) is 0 Å². The third-order valence-electron chi connectivity index (χ3n) is 2.77. The van der Waals surface area contributed by atoms with Crippen LogP contribution in [-0.4, -0.2) is 23.8 Å². The van der Waals surface area contributed by atoms with Crippen molar-refractivity contribution in [3.05, 3.63) is 23.9 Å². The van der Waals surface area contributed by atoms with Gasteiger partial charge in [-0.25, -0.2) is 4.99 Å². The molecule has 0 aromatic rings. The number of carbonyl (C=O) groups excluding carboxylic acids is 1. The Hall–Kier alpha value is -1.42. The van der Waals surface area contributed by atoms with Gasteiger partial charge in [-0.05, 0) is 12.5 Å². The molecule has 2 N–H and O–H groups in total. The highest BCUT2D eigenvalue weighted by Gasteiger charge is 2.35. The Morgan fingerprint density at radius 2 is 2.36 bits per heavy atom. The third kappa shape index (κ3) is 1.11. The summed E-state index contributed by atoms with van der Waals surface area (Å²) in [7, 11) is 0. The van der Waals surface area contributed by atoms with Gasteiger partial charge in [-0.3, -0.25) is 10.1 Å². The molecule has 2 unspecified atom stereocenters. The number of aliphatic imine (C=N–C) groups is 1. The molecule has 0 spiro atoms. The molecule has 2 heterocycles. The molecule has 3 aliphatic rings. The average Bonchev–Trinajstić information content (AvgIpc) is 2.53. The van der Waals surface area contributed by atoms with E-state index in [2.05, 4.69) is 21.7 Å². The summed E-state index contributed by atoms with van der Waals surface area (Å²) in [4.78, 5) is 15.6. The number of nitrogens with one attached hydrogen (secondary N) is 2. The number of allylic oxidation sites excluding steroid dienone is 2. The lowest BCUT2D eigenvalue weighted by molar-refractivity contribution is -0.118. The molecule has 0 radical (unpaired) electrons. The van der Waals surface area contributed by atoms with E-state index >= 15 is 0 Å². The van der Waals surface area contributed by atoms with E-state index in [0.29, 0.717) is 12.5 Å². The molecule has 0 aromatic heterocycles. The number of hydrogen-bond acceptors (Lipinski definition) is 3. The predicted octanol–water partition coefficient (Wildman–Crippen LogP) is 0.0890. The fraction of sp³-hybridized carbons (Fsp3) is 0.400. The van der Waals surface area contributed by atoms with Crippen molar-refractivity contribution in [2.75, 3.05) is 0 Å². The summed E-state index contributed by atoms with van der Waals surface area (Å²) < 4.78 is 0. The van der Waals surface area contributed by atoms with Gasteiger partial charge in [0.1, 0.15) is 5.84 Å². The highest BCUT2D eigenvalue weighted by molar-refractivity contribution is 6.09. The Bertz CT molecular complexity index is 381. The molecule has 3 rings (SSSR count). The summed E-state index contributed by atoms with van der Waals surface area (Å²) in [5.74, 6) is 0.848. The van der Waals surface area contributed by atoms with E-state index in [1.807, 2.05) is 12.2 Å². The van der Waals surface area contributed by atoms with Gasteiger partial charge in [0.05, 0.1) is 17.8 Å². The van der Waals surface area contributed by atoms with Crippen LogP contribution in [0.15, 0.2) is 28.9 Å². The van der Waals surface area contributed by atoms with Crippen LogP contribution in [0.25, 0.3) is 0 Å². The van der Waals surface area contributed by atoms with Gasteiger partial charge >= 0.3 is 0 Å². The van der Waals surface area contributed by atoms with Crippen LogP contribution >= 0.6 is 0 Å². The maximum absolute atomic E-state index is 11.1. The van der Waals surface area contributed by atoms with E-state index in [1.54, 1.807) is 0 Å². The molecule has 4 heteroatoms. The minimum atomic E-state index is 0.0634. The summed E-state index contributed by atoms with van der Waals surface area (Å²) in [6.45, 7) is 0. The van der Waals surface area contributed by atoms with Crippen LogP contribution in [0.5, 0.6) is 0 Å². The molecular formula is C10H11N3O. The number of rotatable bonds is 0. The van der Waals surface area contributed by atoms with E-state index in [0.717, 1.165) is 18.0 Å². The molecule has 72 valence electrons. The molecule has 1 fully saturated rings. The summed E-state index contributed by atoms with van der Waals surface area (Å²) in [5.41, 5.74) is 1.03. The second-order valence-corrected chi connectivity index (χ2v) is 3.78. The molecule has 0 bridgehead atoms. The van der Waals surface area contributed by atoms with Crippen molar-refractivity contribution < 1.29 is 4.79 Å². The molecule has 2 atom stereocenters. The zero-order chi connectivity index (χ0) is 9.54. The molecule has 0 aromatic carbocycles. The minimum absolute atomic E-state index is 0.0634. The Labute approximate surface area is 81.8 Å². The largest absolute Gasteiger partial charge is 0.313 e. The topological polar surface area (TPSA) is 53.5 Å². The van der Waals surface area contributed by atoms with Crippen LogP contribution in [0.1, 0.15) is 12.8 Å². The van der Waals surface area contributed by atoms with Crippen molar-refractivity contribution in [2.24, 2.45) is 4.99 Å². The maximum atomic E-state index is 11.1. The second kappa shape index (κ2) is 2.78. The summed E-state index contributed by atoms with van der Waals surface area (Å²) in [5, 5.41) is 6.19. The maximum Gasteiger partial charge on any atom is 0.227 e. The highest BCUT2D eigenvalue weighted by Crippen LogP contribution is 2.22. The van der Waals surface area contributed by atoms with Gasteiger partial charge < -0.3 is 5.32 Å². The Morgan fingerprint density at radius 3 is 3.29 bits per heavy atom. The normalized spacial score (nSPS) is 34.1. The molecule has 0 saturated carbocycles. The van der Waals surface area contributed by atoms with E-state index in [-0.39, 0.29) is 11.9 Å². The molecular weight excluding hydrogens is 178 g/mol. The summed E-state index contributed by atoms with van der Waals surface area (Å²) >= 11 is 0. The van der Waals surface area contributed by atoms with E-state index in [1.165, 1.54) is 0 Å². The van der Waals surface area contributed by atoms with Gasteiger partial charge in [-0.1, -0.05) is 12.2 Å². The number of carbonyl (C=O) groups is 1. The molecule has 1 amide bonds. The lowest BCUT2D eigenvalue weighted by Crippen LogP contribution is -2.47. The van der Waals surface area contributed by atoms with Crippen LogP contribution in [0.3, 0.4) is 0 Å². The monoisotopic (exact) mass is 189 g/mol. The fourth-order valence-electron chi connectivity index (χ4n) is 2.08. The van der Waals surface area contributed by atoms with Gasteiger partial charge in [-0.15, -0.1) is 0 Å². The number of amides is 1. The highest BCUT2D eigenvalue weighted by atomic mass is 16.2. The van der Waals surface area contributed by atoms with Crippen molar-refractivity contribution in [1.82, 2.24) is 10.6 Å². The zero-order valence-corrected chi connectivity index (χ0v) is 7.66. The van der Waals surface area contributed by atoms with Crippen molar-refractivity contribution >= 4 is 11.7 Å². The quantitative estimate of drug-likeness (QED) is 0.567. The molecule has 1 saturated heterocycles. The molecule has 2 aliphatic heterocycles. The Kier molecular flexibility index (Phi) is 1.58. The lowest BCUT2D eigenvalue weighted by atomic mass is 10.0. The minimum Gasteiger partial charge on any atom is -0.313 e. The van der Waals surface area contributed by atoms with Crippen LogP contribution in [0.2, 0.25) is 0 Å². The lowest BCUT2D eigenvalue weighted by Gasteiger charge is -2.28. The van der Waals surface area contributed by atoms with Crippen LogP contribution in [0, 0.1) is 0 Å². The van der Waals surface area contributed by atoms with E-state index < -0.39 is 0 Å². The average molecular weight is 189 g/mol. The SMILES string of the molecule is O=C1CC2NC3CC=CC=C3N=C2N1. The molecule has 1 aliphatic carbocycles. The van der Waals surface area contributed by atoms with Gasteiger partial charge in [-0.2, -0.15) is 0 Å². The fourth-order valence-corrected chi connectivity index (χ4v) is 2.08. The Morgan fingerprint density at radius 1 is 1.43 bits per heavy atom. The predicted molar refractivity (Wildman–Crippen MR) is 52.7 cm³/mol. The first-order valence-electron chi connectivity index (χ1n) is 4.84. The second-order valence-electron chi connectivity index (χ2n) is 3.78. The number of amidine groups is 1. The smallest absolute Gasteiger partial charge is 0.227 e. The van der Waals surface area contributed by atoms with Crippen LogP contribution in [-0.2, 0) is 4.79 Å². The first kappa shape index (κ1) is 7.94. The summed E-state index contributed by atoms with van der Waals surface area (Å²) in [6, 6.07) is 0.401. The molecule has 14 heavy (non-hydrogen) atoms. The van der Waals surface area contributed by atoms with Crippen LogP contribution < -0.4 is 10.6 Å². The van der Waals surface area contributed by atoms with Crippen molar-refractivity contribution in [1.29, 1.82) is 0 Å². The summed E-state index contributed by atoms with van der Waals surface area (Å²) in [6.07, 6.45) is 7.61. The van der Waals surface area contributed by atoms with Gasteiger partial charge in [0.2, 0.25) is 5.91 Å². The van der Waals surface area contributed by atoms with Gasteiger partial charge in [0, 0.05) is 6.42 Å². The Balaban J connectivity index is 1.97. The van der Waals surface area contributed by atoms with Gasteiger partial charge in [0.15, 0.2) is 0 Å². The van der Waals surface area contributed by atoms with Gasteiger partial charge in [0.25, 0.3) is 0 Å². The van der Waals surface area contributed by atoms with Crippen molar-refractivity contribution in [3.63, 3.8) is 0 Å². The first-order chi connectivity index (χ1) is 6.83. The number of fused-ring (bicyclic) bond motifs is 2. The number of nitrogens with zero attached hydrogens (tertiary/aromatic N) is 1. The zero-order valence-electron chi connectivity index (χ0n) is 7.66. The standard InChI is InChI=1S/C10H11N3O/c14-9-5-8-10(13-9)12-7-4-2-1-3-6(7)11-8/h1-2,4,6,8,11H,3,5H2,(H,12,13,14). The third-order valence-corrected chi connectivity index (χ3v) is 2.77. The molecule has 4 nitrogen and oxygen atoms in total. The van der Waals surface area contributed by atoms with E-state index in [9.17, 15) is 4.79 Å². The van der Waals surface area contributed by atoms with E-state index in [4.69, 9.17) is 0 Å². The van der Waals surface area contributed by atoms with Crippen molar-refractivity contribution in [3.8, 4) is 0 Å². The number of hydrogen-bond donors (Lipinski definition) is 2. The first-order valence-corrected chi connectivity index (χ1v) is 4.84. The van der Waals surface area contributed by atoms with Crippen molar-refractivity contribution in [2.45, 2.75) is 24.9 Å².